The van der Waals surface area contributed by atoms with Crippen molar-refractivity contribution < 1.29 is 4.74 Å². The fourth-order valence-corrected chi connectivity index (χ4v) is 3.35. The van der Waals surface area contributed by atoms with E-state index >= 15 is 0 Å². The maximum absolute atomic E-state index is 5.75. The average molecular weight is 255 g/mol. The second-order valence-corrected chi connectivity index (χ2v) is 6.56. The Morgan fingerprint density at radius 1 is 1.22 bits per heavy atom. The lowest BCUT2D eigenvalue weighted by molar-refractivity contribution is 0.0916. The number of ether oxygens (including phenoxy) is 1. The van der Waals surface area contributed by atoms with E-state index in [0.717, 1.165) is 25.0 Å². The summed E-state index contributed by atoms with van der Waals surface area (Å²) in [5, 5.41) is 3.77. The summed E-state index contributed by atoms with van der Waals surface area (Å²) >= 11 is 0. The summed E-state index contributed by atoms with van der Waals surface area (Å²) < 4.78 is 5.75. The minimum Gasteiger partial charge on any atom is -0.378 e. The van der Waals surface area contributed by atoms with Crippen molar-refractivity contribution >= 4 is 0 Å². The van der Waals surface area contributed by atoms with E-state index in [9.17, 15) is 0 Å². The average Bonchev–Trinajstić information content (AvgIpc) is 2.69. The topological polar surface area (TPSA) is 21.3 Å². The van der Waals surface area contributed by atoms with Crippen LogP contribution < -0.4 is 5.32 Å². The van der Waals surface area contributed by atoms with Crippen molar-refractivity contribution in [2.45, 2.75) is 72.4 Å². The molecule has 1 rings (SSSR count). The van der Waals surface area contributed by atoms with Crippen LogP contribution in [0.4, 0.5) is 0 Å². The van der Waals surface area contributed by atoms with Gasteiger partial charge in [-0.25, -0.2) is 0 Å². The first kappa shape index (κ1) is 16.0. The van der Waals surface area contributed by atoms with Gasteiger partial charge in [-0.05, 0) is 51.0 Å². The van der Waals surface area contributed by atoms with Gasteiger partial charge in [0.15, 0.2) is 0 Å². The molecule has 1 N–H and O–H groups in total. The van der Waals surface area contributed by atoms with Crippen molar-refractivity contribution in [1.82, 2.24) is 5.32 Å². The molecule has 0 radical (unpaired) electrons. The molecule has 2 nitrogen and oxygen atoms in total. The van der Waals surface area contributed by atoms with Gasteiger partial charge >= 0.3 is 0 Å². The molecule has 2 heteroatoms. The highest BCUT2D eigenvalue weighted by molar-refractivity contribution is 4.85. The fraction of sp³-hybridized carbons (Fsp3) is 1.00. The van der Waals surface area contributed by atoms with Crippen LogP contribution in [0.25, 0.3) is 0 Å². The van der Waals surface area contributed by atoms with E-state index in [1.54, 1.807) is 0 Å². The highest BCUT2D eigenvalue weighted by atomic mass is 16.5. The summed E-state index contributed by atoms with van der Waals surface area (Å²) in [6.07, 6.45) is 5.53. The van der Waals surface area contributed by atoms with Crippen molar-refractivity contribution in [2.24, 2.45) is 17.8 Å². The molecule has 4 atom stereocenters. The molecule has 1 heterocycles. The Morgan fingerprint density at radius 2 is 1.94 bits per heavy atom. The summed E-state index contributed by atoms with van der Waals surface area (Å²) in [6.45, 7) is 13.6. The van der Waals surface area contributed by atoms with Crippen molar-refractivity contribution in [1.29, 1.82) is 0 Å². The molecular weight excluding hydrogens is 222 g/mol. The summed E-state index contributed by atoms with van der Waals surface area (Å²) in [5.74, 6) is 2.34. The maximum Gasteiger partial charge on any atom is 0.0590 e. The van der Waals surface area contributed by atoms with Gasteiger partial charge in [-0.15, -0.1) is 0 Å². The van der Waals surface area contributed by atoms with Gasteiger partial charge < -0.3 is 10.1 Å². The molecule has 0 aromatic carbocycles. The molecule has 18 heavy (non-hydrogen) atoms. The van der Waals surface area contributed by atoms with Crippen LogP contribution in [0, 0.1) is 17.8 Å². The van der Waals surface area contributed by atoms with Crippen LogP contribution >= 0.6 is 0 Å². The second kappa shape index (κ2) is 8.16. The monoisotopic (exact) mass is 255 g/mol. The molecule has 4 unspecified atom stereocenters. The van der Waals surface area contributed by atoms with E-state index in [1.165, 1.54) is 25.7 Å². The third-order valence-corrected chi connectivity index (χ3v) is 4.14. The lowest BCUT2D eigenvalue weighted by atomic mass is 9.84. The summed E-state index contributed by atoms with van der Waals surface area (Å²) in [4.78, 5) is 0. The first-order valence-corrected chi connectivity index (χ1v) is 7.89. The van der Waals surface area contributed by atoms with E-state index in [0.29, 0.717) is 18.1 Å². The minimum absolute atomic E-state index is 0.436. The minimum atomic E-state index is 0.436. The molecule has 0 aromatic rings. The van der Waals surface area contributed by atoms with Crippen molar-refractivity contribution in [3.63, 3.8) is 0 Å². The molecule has 1 saturated heterocycles. The fourth-order valence-electron chi connectivity index (χ4n) is 3.35. The lowest BCUT2D eigenvalue weighted by Gasteiger charge is -2.30. The molecule has 0 aromatic heterocycles. The van der Waals surface area contributed by atoms with Crippen LogP contribution in [0.1, 0.15) is 60.3 Å². The van der Waals surface area contributed by atoms with Crippen LogP contribution in [0.2, 0.25) is 0 Å². The molecule has 108 valence electrons. The normalized spacial score (nSPS) is 27.7. The highest BCUT2D eigenvalue weighted by Crippen LogP contribution is 2.29. The van der Waals surface area contributed by atoms with Gasteiger partial charge in [-0.1, -0.05) is 27.7 Å². The third kappa shape index (κ3) is 5.27. The summed E-state index contributed by atoms with van der Waals surface area (Å²) in [7, 11) is 0. The quantitative estimate of drug-likeness (QED) is 0.711. The van der Waals surface area contributed by atoms with Crippen LogP contribution in [0.5, 0.6) is 0 Å². The van der Waals surface area contributed by atoms with Gasteiger partial charge in [0, 0.05) is 18.6 Å². The van der Waals surface area contributed by atoms with Gasteiger partial charge in [0.25, 0.3) is 0 Å². The lowest BCUT2D eigenvalue weighted by Crippen LogP contribution is -2.41. The van der Waals surface area contributed by atoms with Crippen LogP contribution in [0.3, 0.4) is 0 Å². The second-order valence-electron chi connectivity index (χ2n) is 6.56. The molecule has 0 aliphatic carbocycles. The van der Waals surface area contributed by atoms with Gasteiger partial charge in [-0.2, -0.15) is 0 Å². The molecule has 0 bridgehead atoms. The van der Waals surface area contributed by atoms with E-state index in [1.807, 2.05) is 0 Å². The number of hydrogen-bond donors (Lipinski definition) is 1. The van der Waals surface area contributed by atoms with E-state index < -0.39 is 0 Å². The zero-order valence-corrected chi connectivity index (χ0v) is 13.0. The summed E-state index contributed by atoms with van der Waals surface area (Å²) in [6, 6.07) is 0.649. The Kier molecular flexibility index (Phi) is 7.25. The van der Waals surface area contributed by atoms with Gasteiger partial charge in [0.1, 0.15) is 0 Å². The first-order chi connectivity index (χ1) is 8.54. The van der Waals surface area contributed by atoms with Crippen molar-refractivity contribution in [2.75, 3.05) is 13.2 Å². The van der Waals surface area contributed by atoms with Crippen LogP contribution in [0.15, 0.2) is 0 Å². The number of rotatable bonds is 8. The largest absolute Gasteiger partial charge is 0.378 e. The first-order valence-electron chi connectivity index (χ1n) is 7.89. The molecule has 1 fully saturated rings. The smallest absolute Gasteiger partial charge is 0.0590 e. The maximum atomic E-state index is 5.75. The zero-order valence-electron chi connectivity index (χ0n) is 13.0. The number of nitrogens with one attached hydrogen (secondary N) is 1. The Balaban J connectivity index is 2.49. The van der Waals surface area contributed by atoms with E-state index in [4.69, 9.17) is 4.74 Å². The van der Waals surface area contributed by atoms with E-state index in [-0.39, 0.29) is 0 Å². The predicted molar refractivity (Wildman–Crippen MR) is 78.8 cm³/mol. The van der Waals surface area contributed by atoms with Crippen molar-refractivity contribution in [3.8, 4) is 0 Å². The predicted octanol–water partition coefficient (Wildman–Crippen LogP) is 3.85. The Morgan fingerprint density at radius 3 is 2.44 bits per heavy atom. The molecule has 1 aliphatic rings. The third-order valence-electron chi connectivity index (χ3n) is 4.14. The van der Waals surface area contributed by atoms with Crippen LogP contribution in [-0.2, 0) is 4.74 Å². The Hall–Kier alpha value is -0.0800. The number of hydrogen-bond acceptors (Lipinski definition) is 2. The van der Waals surface area contributed by atoms with Gasteiger partial charge in [-0.3, -0.25) is 0 Å². The molecule has 1 aliphatic heterocycles. The summed E-state index contributed by atoms with van der Waals surface area (Å²) in [5.41, 5.74) is 0. The highest BCUT2D eigenvalue weighted by Gasteiger charge is 2.32. The molecule has 0 saturated carbocycles. The standard InChI is InChI=1S/C16H33NO/c1-6-8-17-16(11-13(4)10-12(2)3)15-7-9-18-14(15)5/h12-17H,6-11H2,1-5H3. The van der Waals surface area contributed by atoms with Crippen molar-refractivity contribution in [3.05, 3.63) is 0 Å². The molecule has 0 amide bonds. The molecular formula is C16H33NO. The Labute approximate surface area is 114 Å². The SMILES string of the molecule is CCCNC(CC(C)CC(C)C)C1CCOC1C. The zero-order chi connectivity index (χ0) is 13.5. The van der Waals surface area contributed by atoms with Gasteiger partial charge in [0.2, 0.25) is 0 Å². The van der Waals surface area contributed by atoms with Gasteiger partial charge in [0.05, 0.1) is 6.10 Å². The Bertz CT molecular complexity index is 217. The van der Waals surface area contributed by atoms with E-state index in [2.05, 4.69) is 39.9 Å². The molecule has 0 spiro atoms. The van der Waals surface area contributed by atoms with Crippen LogP contribution in [-0.4, -0.2) is 25.3 Å².